The highest BCUT2D eigenvalue weighted by atomic mass is 19.1. The maximum absolute atomic E-state index is 13.2. The highest BCUT2D eigenvalue weighted by Crippen LogP contribution is 2.18. The van der Waals surface area contributed by atoms with E-state index in [9.17, 15) is 9.18 Å². The Morgan fingerprint density at radius 1 is 1.17 bits per heavy atom. The van der Waals surface area contributed by atoms with Gasteiger partial charge in [0.05, 0.1) is 20.1 Å². The first-order valence-corrected chi connectivity index (χ1v) is 9.66. The minimum Gasteiger partial charge on any atom is -0.496 e. The molecule has 2 rings (SSSR count). The number of ether oxygens (including phenoxy) is 1. The van der Waals surface area contributed by atoms with Crippen molar-refractivity contribution < 1.29 is 13.9 Å². The maximum Gasteiger partial charge on any atom is 0.224 e. The van der Waals surface area contributed by atoms with E-state index in [1.165, 1.54) is 12.1 Å². The summed E-state index contributed by atoms with van der Waals surface area (Å²) in [7, 11) is 3.61. The number of hydrogen-bond donors (Lipinski definition) is 2. The minimum absolute atomic E-state index is 0.148. The second-order valence-corrected chi connectivity index (χ2v) is 6.56. The van der Waals surface area contributed by atoms with Crippen LogP contribution in [0.15, 0.2) is 53.5 Å². The van der Waals surface area contributed by atoms with Gasteiger partial charge in [-0.2, -0.15) is 0 Å². The lowest BCUT2D eigenvalue weighted by Crippen LogP contribution is -2.39. The molecule has 0 fully saturated rings. The van der Waals surface area contributed by atoms with Crippen molar-refractivity contribution in [2.45, 2.75) is 19.9 Å². The number of carbonyl (C=O) groups is 1. The Balaban J connectivity index is 1.87. The molecule has 6 nitrogen and oxygen atoms in total. The number of benzene rings is 2. The van der Waals surface area contributed by atoms with E-state index in [1.54, 1.807) is 19.2 Å². The summed E-state index contributed by atoms with van der Waals surface area (Å²) >= 11 is 0. The Labute approximate surface area is 171 Å². The van der Waals surface area contributed by atoms with Gasteiger partial charge >= 0.3 is 0 Å². The third-order valence-corrected chi connectivity index (χ3v) is 4.25. The van der Waals surface area contributed by atoms with Crippen LogP contribution in [0.5, 0.6) is 5.75 Å². The highest BCUT2D eigenvalue weighted by Gasteiger charge is 2.10. The molecule has 156 valence electrons. The fourth-order valence-electron chi connectivity index (χ4n) is 2.89. The second kappa shape index (κ2) is 11.7. The summed E-state index contributed by atoms with van der Waals surface area (Å²) in [6.07, 6.45) is 0.148. The molecule has 0 unspecified atom stereocenters. The van der Waals surface area contributed by atoms with Crippen molar-refractivity contribution in [3.05, 3.63) is 65.5 Å². The molecule has 0 spiro atoms. The molecule has 0 saturated carbocycles. The van der Waals surface area contributed by atoms with Crippen molar-refractivity contribution in [1.82, 2.24) is 15.5 Å². The summed E-state index contributed by atoms with van der Waals surface area (Å²) in [4.78, 5) is 18.6. The van der Waals surface area contributed by atoms with Crippen LogP contribution in [0, 0.1) is 5.82 Å². The fraction of sp³-hybridized carbons (Fsp3) is 0.364. The van der Waals surface area contributed by atoms with Gasteiger partial charge in [0.25, 0.3) is 0 Å². The molecule has 0 aliphatic rings. The van der Waals surface area contributed by atoms with Crippen molar-refractivity contribution in [1.29, 1.82) is 0 Å². The van der Waals surface area contributed by atoms with Crippen molar-refractivity contribution in [2.75, 3.05) is 33.8 Å². The van der Waals surface area contributed by atoms with Gasteiger partial charge in [-0.05, 0) is 30.7 Å². The van der Waals surface area contributed by atoms with Gasteiger partial charge in [-0.25, -0.2) is 4.39 Å². The number of methoxy groups -OCH3 is 1. The van der Waals surface area contributed by atoms with E-state index in [2.05, 4.69) is 15.6 Å². The SMILES string of the molecule is CCNC(=NCCNC(=O)Cc1cccc(F)c1)N(C)Cc1ccccc1OC. The van der Waals surface area contributed by atoms with Crippen molar-refractivity contribution in [2.24, 2.45) is 4.99 Å². The van der Waals surface area contributed by atoms with Gasteiger partial charge in [0.15, 0.2) is 5.96 Å². The highest BCUT2D eigenvalue weighted by molar-refractivity contribution is 5.80. The van der Waals surface area contributed by atoms with Gasteiger partial charge < -0.3 is 20.3 Å². The molecule has 1 amide bonds. The van der Waals surface area contributed by atoms with Crippen molar-refractivity contribution in [3.8, 4) is 5.75 Å². The number of carbonyl (C=O) groups excluding carboxylic acids is 1. The molecule has 0 heterocycles. The molecule has 29 heavy (non-hydrogen) atoms. The maximum atomic E-state index is 13.2. The van der Waals surface area contributed by atoms with E-state index < -0.39 is 0 Å². The zero-order chi connectivity index (χ0) is 21.1. The molecule has 2 N–H and O–H groups in total. The van der Waals surface area contributed by atoms with Gasteiger partial charge in [0.1, 0.15) is 11.6 Å². The van der Waals surface area contributed by atoms with Crippen LogP contribution >= 0.6 is 0 Å². The zero-order valence-corrected chi connectivity index (χ0v) is 17.2. The van der Waals surface area contributed by atoms with Crippen molar-refractivity contribution >= 4 is 11.9 Å². The fourth-order valence-corrected chi connectivity index (χ4v) is 2.89. The number of aliphatic imine (C=N–C) groups is 1. The second-order valence-electron chi connectivity index (χ2n) is 6.56. The predicted molar refractivity (Wildman–Crippen MR) is 114 cm³/mol. The van der Waals surface area contributed by atoms with E-state index in [4.69, 9.17) is 4.74 Å². The summed E-state index contributed by atoms with van der Waals surface area (Å²) in [5.41, 5.74) is 1.71. The number of rotatable bonds is 9. The van der Waals surface area contributed by atoms with Crippen LogP contribution in [-0.4, -0.2) is 50.6 Å². The van der Waals surface area contributed by atoms with E-state index >= 15 is 0 Å². The van der Waals surface area contributed by atoms with Crippen LogP contribution in [0.3, 0.4) is 0 Å². The lowest BCUT2D eigenvalue weighted by Gasteiger charge is -2.23. The number of halogens is 1. The molecule has 0 aromatic heterocycles. The average Bonchev–Trinajstić information content (AvgIpc) is 2.70. The Bertz CT molecular complexity index is 826. The predicted octanol–water partition coefficient (Wildman–Crippen LogP) is 2.59. The van der Waals surface area contributed by atoms with Gasteiger partial charge in [-0.3, -0.25) is 9.79 Å². The monoisotopic (exact) mass is 400 g/mol. The van der Waals surface area contributed by atoms with Gasteiger partial charge in [0.2, 0.25) is 5.91 Å². The van der Waals surface area contributed by atoms with Crippen molar-refractivity contribution in [3.63, 3.8) is 0 Å². The largest absolute Gasteiger partial charge is 0.496 e. The van der Waals surface area contributed by atoms with Crippen LogP contribution < -0.4 is 15.4 Å². The molecule has 7 heteroatoms. The first-order chi connectivity index (χ1) is 14.0. The molecular weight excluding hydrogens is 371 g/mol. The normalized spacial score (nSPS) is 11.1. The standard InChI is InChI=1S/C22H29FN4O2/c1-4-24-22(27(2)16-18-9-5-6-11-20(18)29-3)26-13-12-25-21(28)15-17-8-7-10-19(23)14-17/h5-11,14H,4,12-13,15-16H2,1-3H3,(H,24,26)(H,25,28). The number of nitrogens with one attached hydrogen (secondary N) is 2. The molecule has 2 aromatic rings. The van der Waals surface area contributed by atoms with Crippen LogP contribution in [0.25, 0.3) is 0 Å². The Kier molecular flexibility index (Phi) is 8.95. The number of nitrogens with zero attached hydrogens (tertiary/aromatic N) is 2. The van der Waals surface area contributed by atoms with Gasteiger partial charge in [0, 0.05) is 32.2 Å². The first kappa shape index (κ1) is 22.2. The molecule has 0 saturated heterocycles. The molecule has 0 atom stereocenters. The lowest BCUT2D eigenvalue weighted by atomic mass is 10.1. The van der Waals surface area contributed by atoms with E-state index in [0.717, 1.165) is 23.8 Å². The first-order valence-electron chi connectivity index (χ1n) is 9.66. The Morgan fingerprint density at radius 2 is 1.97 bits per heavy atom. The molecule has 0 aliphatic heterocycles. The van der Waals surface area contributed by atoms with Crippen LogP contribution in [0.2, 0.25) is 0 Å². The summed E-state index contributed by atoms with van der Waals surface area (Å²) < 4.78 is 18.6. The summed E-state index contributed by atoms with van der Waals surface area (Å²) in [6.45, 7) is 4.23. The van der Waals surface area contributed by atoms with Crippen LogP contribution in [-0.2, 0) is 17.8 Å². The summed E-state index contributed by atoms with van der Waals surface area (Å²) in [6, 6.07) is 13.9. The van der Waals surface area contributed by atoms with E-state index in [-0.39, 0.29) is 18.1 Å². The third-order valence-electron chi connectivity index (χ3n) is 4.25. The molecule has 0 bridgehead atoms. The molecule has 0 radical (unpaired) electrons. The number of guanidine groups is 1. The summed E-state index contributed by atoms with van der Waals surface area (Å²) in [5.74, 6) is 1.09. The van der Waals surface area contributed by atoms with Crippen LogP contribution in [0.4, 0.5) is 4.39 Å². The van der Waals surface area contributed by atoms with E-state index in [0.29, 0.717) is 25.2 Å². The Morgan fingerprint density at radius 3 is 2.69 bits per heavy atom. The topological polar surface area (TPSA) is 66.0 Å². The number of hydrogen-bond acceptors (Lipinski definition) is 3. The van der Waals surface area contributed by atoms with Gasteiger partial charge in [-0.15, -0.1) is 0 Å². The Hall–Kier alpha value is -3.09. The third kappa shape index (κ3) is 7.44. The molecule has 2 aromatic carbocycles. The van der Waals surface area contributed by atoms with E-state index in [1.807, 2.05) is 43.1 Å². The summed E-state index contributed by atoms with van der Waals surface area (Å²) in [5, 5.41) is 6.08. The minimum atomic E-state index is -0.340. The van der Waals surface area contributed by atoms with Crippen LogP contribution in [0.1, 0.15) is 18.1 Å². The molecule has 0 aliphatic carbocycles. The number of amides is 1. The zero-order valence-electron chi connectivity index (χ0n) is 17.2. The average molecular weight is 400 g/mol. The lowest BCUT2D eigenvalue weighted by molar-refractivity contribution is -0.120. The quantitative estimate of drug-likeness (QED) is 0.386. The smallest absolute Gasteiger partial charge is 0.224 e. The number of para-hydroxylation sites is 1. The van der Waals surface area contributed by atoms with Gasteiger partial charge in [-0.1, -0.05) is 30.3 Å². The molecular formula is C22H29FN4O2.